The van der Waals surface area contributed by atoms with Crippen molar-refractivity contribution in [2.75, 3.05) is 31.9 Å². The molecule has 5 rings (SSSR count). The number of hydrazone groups is 1. The van der Waals surface area contributed by atoms with Crippen molar-refractivity contribution in [3.63, 3.8) is 0 Å². The van der Waals surface area contributed by atoms with E-state index >= 15 is 0 Å². The Bertz CT molecular complexity index is 1810. The number of nitrogens with zero attached hydrogens (tertiary/aromatic N) is 1. The lowest BCUT2D eigenvalue weighted by Gasteiger charge is -2.13. The van der Waals surface area contributed by atoms with E-state index in [9.17, 15) is 14.4 Å². The lowest BCUT2D eigenvalue weighted by molar-refractivity contribution is 0.0727. The molecular formula is C35H33N3O9. The molecule has 0 aromatic heterocycles. The predicted molar refractivity (Wildman–Crippen MR) is 173 cm³/mol. The fourth-order valence-corrected chi connectivity index (χ4v) is 4.50. The number of hydrogen-bond acceptors (Lipinski definition) is 10. The molecular weight excluding hydrogens is 606 g/mol. The van der Waals surface area contributed by atoms with Crippen molar-refractivity contribution in [3.05, 3.63) is 101 Å². The van der Waals surface area contributed by atoms with Gasteiger partial charge in [-0.05, 0) is 99.1 Å². The Balaban J connectivity index is 1.21. The van der Waals surface area contributed by atoms with E-state index < -0.39 is 11.9 Å². The maximum Gasteiger partial charge on any atom is 0.343 e. The van der Waals surface area contributed by atoms with Crippen LogP contribution in [0.3, 0.4) is 0 Å². The second kappa shape index (κ2) is 15.3. The maximum atomic E-state index is 12.9. The van der Waals surface area contributed by atoms with Crippen LogP contribution >= 0.6 is 0 Å². The fraction of sp³-hybridized carbons (Fsp3) is 0.200. The van der Waals surface area contributed by atoms with E-state index in [0.717, 1.165) is 0 Å². The zero-order valence-corrected chi connectivity index (χ0v) is 26.0. The van der Waals surface area contributed by atoms with Crippen LogP contribution in [-0.4, -0.2) is 50.6 Å². The molecule has 12 heteroatoms. The first-order valence-corrected chi connectivity index (χ1v) is 14.9. The summed E-state index contributed by atoms with van der Waals surface area (Å²) in [5.74, 6) is 1.13. The summed E-state index contributed by atoms with van der Waals surface area (Å²) in [6.07, 6.45) is 1.43. The van der Waals surface area contributed by atoms with Gasteiger partial charge >= 0.3 is 5.97 Å². The number of rotatable bonds is 13. The van der Waals surface area contributed by atoms with Crippen LogP contribution in [0.2, 0.25) is 0 Å². The molecule has 1 aliphatic rings. The van der Waals surface area contributed by atoms with Crippen molar-refractivity contribution in [1.29, 1.82) is 0 Å². The van der Waals surface area contributed by atoms with Gasteiger partial charge in [0, 0.05) is 16.8 Å². The molecule has 2 amide bonds. The van der Waals surface area contributed by atoms with Gasteiger partial charge in [-0.25, -0.2) is 10.2 Å². The lowest BCUT2D eigenvalue weighted by Crippen LogP contribution is -2.18. The number of fused-ring (bicyclic) bond motifs is 1. The van der Waals surface area contributed by atoms with Crippen LogP contribution in [0, 0.1) is 0 Å². The van der Waals surface area contributed by atoms with Crippen LogP contribution in [-0.2, 0) is 0 Å². The van der Waals surface area contributed by atoms with Gasteiger partial charge in [0.2, 0.25) is 6.79 Å². The van der Waals surface area contributed by atoms with Gasteiger partial charge in [-0.1, -0.05) is 6.07 Å². The zero-order chi connectivity index (χ0) is 33.2. The molecule has 0 fully saturated rings. The third-order valence-corrected chi connectivity index (χ3v) is 6.65. The second-order valence-corrected chi connectivity index (χ2v) is 9.86. The summed E-state index contributed by atoms with van der Waals surface area (Å²) < 4.78 is 33.1. The number of benzene rings is 4. The molecule has 0 bridgehead atoms. The number of esters is 1. The Morgan fingerprint density at radius 2 is 1.38 bits per heavy atom. The number of nitrogens with one attached hydrogen (secondary N) is 2. The van der Waals surface area contributed by atoms with Crippen LogP contribution in [0.4, 0.5) is 5.69 Å². The molecule has 0 aliphatic carbocycles. The minimum absolute atomic E-state index is 0.0954. The number of hydrogen-bond donors (Lipinski definition) is 2. The van der Waals surface area contributed by atoms with Gasteiger partial charge in [0.05, 0.1) is 31.6 Å². The first-order valence-electron chi connectivity index (χ1n) is 14.9. The summed E-state index contributed by atoms with van der Waals surface area (Å²) in [6.45, 7) is 6.82. The van der Waals surface area contributed by atoms with Crippen molar-refractivity contribution < 1.29 is 42.8 Å². The van der Waals surface area contributed by atoms with E-state index in [4.69, 9.17) is 28.4 Å². The molecule has 1 aliphatic heterocycles. The molecule has 0 saturated heterocycles. The molecule has 0 unspecified atom stereocenters. The molecule has 0 atom stereocenters. The Labute approximate surface area is 271 Å². The van der Waals surface area contributed by atoms with E-state index in [0.29, 0.717) is 70.9 Å². The molecule has 1 heterocycles. The Hall–Kier alpha value is -6.04. The van der Waals surface area contributed by atoms with E-state index in [1.165, 1.54) is 12.3 Å². The van der Waals surface area contributed by atoms with Gasteiger partial charge in [-0.3, -0.25) is 9.59 Å². The molecule has 4 aromatic rings. The highest BCUT2D eigenvalue weighted by Gasteiger charge is 2.19. The van der Waals surface area contributed by atoms with Crippen molar-refractivity contribution >= 4 is 29.7 Å². The highest BCUT2D eigenvalue weighted by Crippen LogP contribution is 2.34. The standard InChI is InChI=1S/C35H33N3O9/c1-4-42-27-14-11-24(18-31(27)44-6-3)33(39)37-26-9-7-8-23(17-26)34(40)38-36-20-22-10-13-29(30(16-22)43-5-2)47-35(41)25-12-15-28-32(19-25)46-21-45-28/h7-20H,4-6,21H2,1-3H3,(H,37,39)(H,38,40). The van der Waals surface area contributed by atoms with Crippen LogP contribution in [0.5, 0.6) is 34.5 Å². The third-order valence-electron chi connectivity index (χ3n) is 6.65. The smallest absolute Gasteiger partial charge is 0.343 e. The lowest BCUT2D eigenvalue weighted by atomic mass is 10.1. The normalized spacial score (nSPS) is 11.6. The number of anilines is 1. The minimum Gasteiger partial charge on any atom is -0.490 e. The number of carbonyl (C=O) groups excluding carboxylic acids is 3. The van der Waals surface area contributed by atoms with Crippen molar-refractivity contribution in [2.45, 2.75) is 20.8 Å². The SMILES string of the molecule is CCOc1ccc(C(=O)Nc2cccc(C(=O)NN=Cc3ccc(OC(=O)c4ccc5c(c4)OCO5)c(OCC)c3)c2)cc1OCC. The van der Waals surface area contributed by atoms with E-state index in [1.54, 1.807) is 79.7 Å². The van der Waals surface area contributed by atoms with Crippen molar-refractivity contribution in [2.24, 2.45) is 5.10 Å². The maximum absolute atomic E-state index is 12.9. The van der Waals surface area contributed by atoms with Gasteiger partial charge in [-0.2, -0.15) is 5.10 Å². The molecule has 0 saturated carbocycles. The molecule has 4 aromatic carbocycles. The van der Waals surface area contributed by atoms with Gasteiger partial charge in [-0.15, -0.1) is 0 Å². The largest absolute Gasteiger partial charge is 0.490 e. The molecule has 242 valence electrons. The van der Waals surface area contributed by atoms with Crippen molar-refractivity contribution in [3.8, 4) is 34.5 Å². The van der Waals surface area contributed by atoms with Crippen LogP contribution in [0.25, 0.3) is 0 Å². The first kappa shape index (κ1) is 32.4. The topological polar surface area (TPSA) is 143 Å². The van der Waals surface area contributed by atoms with Crippen molar-refractivity contribution in [1.82, 2.24) is 5.43 Å². The summed E-state index contributed by atoms with van der Waals surface area (Å²) >= 11 is 0. The molecule has 0 spiro atoms. The fourth-order valence-electron chi connectivity index (χ4n) is 4.50. The minimum atomic E-state index is -0.592. The predicted octanol–water partition coefficient (Wildman–Crippen LogP) is 5.85. The number of ether oxygens (including phenoxy) is 6. The average Bonchev–Trinajstić information content (AvgIpc) is 3.55. The van der Waals surface area contributed by atoms with Gasteiger partial charge in [0.15, 0.2) is 34.5 Å². The summed E-state index contributed by atoms with van der Waals surface area (Å²) in [7, 11) is 0. The van der Waals surface area contributed by atoms with Crippen LogP contribution < -0.4 is 39.2 Å². The summed E-state index contributed by atoms with van der Waals surface area (Å²) in [6, 6.07) is 21.1. The second-order valence-electron chi connectivity index (χ2n) is 9.86. The molecule has 0 radical (unpaired) electrons. The molecule has 47 heavy (non-hydrogen) atoms. The Morgan fingerprint density at radius 1 is 0.702 bits per heavy atom. The first-order chi connectivity index (χ1) is 22.9. The van der Waals surface area contributed by atoms with Crippen LogP contribution in [0.1, 0.15) is 57.4 Å². The number of amides is 2. The van der Waals surface area contributed by atoms with E-state index in [1.807, 2.05) is 13.8 Å². The molecule has 2 N–H and O–H groups in total. The van der Waals surface area contributed by atoms with E-state index in [-0.39, 0.29) is 24.0 Å². The summed E-state index contributed by atoms with van der Waals surface area (Å²) in [5.41, 5.74) is 4.43. The van der Waals surface area contributed by atoms with E-state index in [2.05, 4.69) is 15.8 Å². The average molecular weight is 640 g/mol. The van der Waals surface area contributed by atoms with Gasteiger partial charge < -0.3 is 33.7 Å². The highest BCUT2D eigenvalue weighted by atomic mass is 16.7. The Morgan fingerprint density at radius 3 is 2.17 bits per heavy atom. The monoisotopic (exact) mass is 639 g/mol. The summed E-state index contributed by atoms with van der Waals surface area (Å²) in [5, 5.41) is 6.85. The molecule has 12 nitrogen and oxygen atoms in total. The van der Waals surface area contributed by atoms with Gasteiger partial charge in [0.25, 0.3) is 11.8 Å². The number of carbonyl (C=O) groups is 3. The summed E-state index contributed by atoms with van der Waals surface area (Å²) in [4.78, 5) is 38.6. The quantitative estimate of drug-likeness (QED) is 0.0797. The Kier molecular flexibility index (Phi) is 10.5. The third kappa shape index (κ3) is 8.17. The van der Waals surface area contributed by atoms with Gasteiger partial charge in [0.1, 0.15) is 0 Å². The zero-order valence-electron chi connectivity index (χ0n) is 26.0. The van der Waals surface area contributed by atoms with Crippen LogP contribution in [0.15, 0.2) is 84.0 Å². The highest BCUT2D eigenvalue weighted by molar-refractivity contribution is 6.05.